The molecule has 1 amide bonds. The number of hydrogen-bond acceptors (Lipinski definition) is 5. The number of nitrogens with zero attached hydrogens (tertiary/aromatic N) is 1. The minimum Gasteiger partial charge on any atom is -0.359 e. The van der Waals surface area contributed by atoms with Gasteiger partial charge in [0.2, 0.25) is 0 Å². The molecule has 13 heavy (non-hydrogen) atoms. The van der Waals surface area contributed by atoms with Gasteiger partial charge < -0.3 is 14.9 Å². The van der Waals surface area contributed by atoms with E-state index in [0.29, 0.717) is 0 Å². The van der Waals surface area contributed by atoms with E-state index in [1.807, 2.05) is 0 Å². The Kier molecular flexibility index (Phi) is 2.58. The number of aliphatic hydroxyl groups is 2. The maximum Gasteiger partial charge on any atom is 0.301 e. The monoisotopic (exact) mass is 190 g/mol. The van der Waals surface area contributed by atoms with Crippen LogP contribution in [0, 0.1) is 0 Å². The Bertz CT molecular complexity index is 217. The van der Waals surface area contributed by atoms with Crippen molar-refractivity contribution in [2.45, 2.75) is 31.9 Å². The average molecular weight is 190 g/mol. The lowest BCUT2D eigenvalue weighted by Crippen LogP contribution is -2.47. The van der Waals surface area contributed by atoms with Crippen LogP contribution in [0.3, 0.4) is 0 Å². The maximum atomic E-state index is 11.3. The predicted octanol–water partition coefficient (Wildman–Crippen LogP) is -1.60. The van der Waals surface area contributed by atoms with E-state index in [2.05, 4.69) is 5.43 Å². The zero-order valence-corrected chi connectivity index (χ0v) is 7.81. The second-order valence-electron chi connectivity index (χ2n) is 3.24. The topological polar surface area (TPSA) is 82.0 Å². The zero-order valence-electron chi connectivity index (χ0n) is 7.81. The van der Waals surface area contributed by atoms with Crippen LogP contribution in [-0.2, 0) is 9.53 Å². The smallest absolute Gasteiger partial charge is 0.301 e. The number of ether oxygens (including phenoxy) is 1. The summed E-state index contributed by atoms with van der Waals surface area (Å²) in [4.78, 5) is 11.3. The number of hydrazine groups is 1. The van der Waals surface area contributed by atoms with Crippen LogP contribution in [0.1, 0.15) is 13.8 Å². The van der Waals surface area contributed by atoms with E-state index in [1.54, 1.807) is 13.8 Å². The molecule has 1 aliphatic rings. The van der Waals surface area contributed by atoms with Gasteiger partial charge in [-0.15, -0.1) is 0 Å². The van der Waals surface area contributed by atoms with Crippen molar-refractivity contribution < 1.29 is 19.7 Å². The highest BCUT2D eigenvalue weighted by Crippen LogP contribution is 2.20. The van der Waals surface area contributed by atoms with Crippen molar-refractivity contribution >= 4 is 5.91 Å². The van der Waals surface area contributed by atoms with E-state index in [1.165, 1.54) is 7.11 Å². The molecule has 1 unspecified atom stereocenters. The molecule has 0 spiro atoms. The molecule has 0 radical (unpaired) electrons. The highest BCUT2D eigenvalue weighted by Gasteiger charge is 2.53. The number of rotatable bonds is 2. The molecule has 1 atom stereocenters. The maximum absolute atomic E-state index is 11.3. The molecule has 1 saturated heterocycles. The first-order valence-electron chi connectivity index (χ1n) is 3.98. The van der Waals surface area contributed by atoms with Crippen molar-refractivity contribution in [3.05, 3.63) is 0 Å². The Balaban J connectivity index is 2.85. The van der Waals surface area contributed by atoms with Crippen LogP contribution in [0.2, 0.25) is 0 Å². The van der Waals surface area contributed by atoms with Crippen LogP contribution < -0.4 is 5.43 Å². The minimum absolute atomic E-state index is 0.161. The molecule has 0 saturated carbocycles. The molecule has 0 aromatic rings. The lowest BCUT2D eigenvalue weighted by atomic mass is 10.2. The van der Waals surface area contributed by atoms with E-state index < -0.39 is 17.9 Å². The van der Waals surface area contributed by atoms with E-state index in [-0.39, 0.29) is 6.04 Å². The quantitative estimate of drug-likeness (QED) is 0.457. The summed E-state index contributed by atoms with van der Waals surface area (Å²) in [6.45, 7) is 3.50. The molecule has 0 bridgehead atoms. The largest absolute Gasteiger partial charge is 0.359 e. The van der Waals surface area contributed by atoms with Crippen LogP contribution in [0.25, 0.3) is 0 Å². The van der Waals surface area contributed by atoms with Crippen molar-refractivity contribution in [1.29, 1.82) is 0 Å². The number of nitrogens with one attached hydrogen (secondary N) is 1. The molecular weight excluding hydrogens is 176 g/mol. The molecule has 0 aromatic carbocycles. The van der Waals surface area contributed by atoms with Gasteiger partial charge in [0.25, 0.3) is 5.79 Å². The second kappa shape index (κ2) is 3.22. The van der Waals surface area contributed by atoms with Crippen molar-refractivity contribution in [2.24, 2.45) is 0 Å². The molecular formula is C7H14N2O4. The molecule has 76 valence electrons. The molecule has 3 N–H and O–H groups in total. The molecule has 1 fully saturated rings. The van der Waals surface area contributed by atoms with E-state index >= 15 is 0 Å². The third-order valence-electron chi connectivity index (χ3n) is 1.91. The van der Waals surface area contributed by atoms with Crippen molar-refractivity contribution in [1.82, 2.24) is 10.4 Å². The lowest BCUT2D eigenvalue weighted by molar-refractivity contribution is -0.215. The van der Waals surface area contributed by atoms with Crippen molar-refractivity contribution in [2.75, 3.05) is 7.11 Å². The molecule has 1 heterocycles. The molecule has 1 aliphatic heterocycles. The fourth-order valence-corrected chi connectivity index (χ4v) is 1.17. The standard InChI is InChI=1S/C7H14N2O4/c1-4(2)9-6(10)7(11,12)5(8-9)13-3/h4-5,8,11-12H,1-3H3. The summed E-state index contributed by atoms with van der Waals surface area (Å²) in [6, 6.07) is -0.161. The van der Waals surface area contributed by atoms with Crippen molar-refractivity contribution in [3.8, 4) is 0 Å². The molecule has 6 nitrogen and oxygen atoms in total. The zero-order chi connectivity index (χ0) is 10.2. The Hall–Kier alpha value is -0.690. The molecule has 6 heteroatoms. The van der Waals surface area contributed by atoms with Gasteiger partial charge in [-0.25, -0.2) is 0 Å². The van der Waals surface area contributed by atoms with Gasteiger partial charge in [-0.2, -0.15) is 5.43 Å². The molecule has 1 rings (SSSR count). The van der Waals surface area contributed by atoms with Crippen molar-refractivity contribution in [3.63, 3.8) is 0 Å². The normalized spacial score (nSPS) is 27.4. The highest BCUT2D eigenvalue weighted by molar-refractivity contribution is 5.85. The first kappa shape index (κ1) is 10.4. The summed E-state index contributed by atoms with van der Waals surface area (Å²) in [5.74, 6) is -3.27. The fourth-order valence-electron chi connectivity index (χ4n) is 1.17. The van der Waals surface area contributed by atoms with Crippen LogP contribution >= 0.6 is 0 Å². The van der Waals surface area contributed by atoms with Gasteiger partial charge in [-0.3, -0.25) is 9.80 Å². The van der Waals surface area contributed by atoms with Gasteiger partial charge in [0.15, 0.2) is 6.23 Å². The molecule has 0 aromatic heterocycles. The average Bonchev–Trinajstić information content (AvgIpc) is 2.25. The van der Waals surface area contributed by atoms with Crippen LogP contribution in [0.15, 0.2) is 0 Å². The third-order valence-corrected chi connectivity index (χ3v) is 1.91. The number of methoxy groups -OCH3 is 1. The van der Waals surface area contributed by atoms with Gasteiger partial charge in [-0.1, -0.05) is 0 Å². The summed E-state index contributed by atoms with van der Waals surface area (Å²) in [6.07, 6.45) is -1.11. The fraction of sp³-hybridized carbons (Fsp3) is 0.857. The molecule has 0 aliphatic carbocycles. The number of carbonyl (C=O) groups excluding carboxylic acids is 1. The van der Waals surface area contributed by atoms with Crippen LogP contribution in [0.5, 0.6) is 0 Å². The van der Waals surface area contributed by atoms with Crippen LogP contribution in [0.4, 0.5) is 0 Å². The summed E-state index contributed by atoms with van der Waals surface area (Å²) >= 11 is 0. The number of hydrogen-bond donors (Lipinski definition) is 3. The summed E-state index contributed by atoms with van der Waals surface area (Å²) < 4.78 is 4.70. The van der Waals surface area contributed by atoms with E-state index in [0.717, 1.165) is 5.01 Å². The van der Waals surface area contributed by atoms with Gasteiger partial charge in [0.1, 0.15) is 0 Å². The second-order valence-corrected chi connectivity index (χ2v) is 3.24. The van der Waals surface area contributed by atoms with E-state index in [9.17, 15) is 15.0 Å². The van der Waals surface area contributed by atoms with Gasteiger partial charge in [0, 0.05) is 13.2 Å². The SMILES string of the molecule is COC1NN(C(C)C)C(=O)C1(O)O. The first-order valence-corrected chi connectivity index (χ1v) is 3.98. The van der Waals surface area contributed by atoms with E-state index in [4.69, 9.17) is 4.74 Å². The van der Waals surface area contributed by atoms with Gasteiger partial charge in [0.05, 0.1) is 0 Å². The van der Waals surface area contributed by atoms with Gasteiger partial charge >= 0.3 is 5.91 Å². The summed E-state index contributed by atoms with van der Waals surface area (Å²) in [5, 5.41) is 19.8. The highest BCUT2D eigenvalue weighted by atomic mass is 16.6. The van der Waals surface area contributed by atoms with Crippen LogP contribution in [-0.4, -0.2) is 46.3 Å². The Morgan fingerprint density at radius 1 is 1.62 bits per heavy atom. The van der Waals surface area contributed by atoms with Gasteiger partial charge in [-0.05, 0) is 13.8 Å². The number of amides is 1. The summed E-state index contributed by atoms with van der Waals surface area (Å²) in [5.41, 5.74) is 2.54. The Morgan fingerprint density at radius 2 is 2.15 bits per heavy atom. The first-order chi connectivity index (χ1) is 5.91. The lowest BCUT2D eigenvalue weighted by Gasteiger charge is -2.20. The Labute approximate surface area is 76.1 Å². The number of carbonyl (C=O) groups is 1. The minimum atomic E-state index is -2.47. The summed E-state index contributed by atoms with van der Waals surface area (Å²) in [7, 11) is 1.29. The Morgan fingerprint density at radius 3 is 2.38 bits per heavy atom. The third kappa shape index (κ3) is 1.53. The predicted molar refractivity (Wildman–Crippen MR) is 43.1 cm³/mol.